The molecule has 1 aliphatic heterocycles. The third kappa shape index (κ3) is 3.64. The van der Waals surface area contributed by atoms with Crippen LogP contribution in [0.2, 0.25) is 0 Å². The zero-order valence-corrected chi connectivity index (χ0v) is 13.0. The highest BCUT2D eigenvalue weighted by atomic mass is 32.2. The molecule has 1 spiro atoms. The average Bonchev–Trinajstić information content (AvgIpc) is 2.78. The van der Waals surface area contributed by atoms with Crippen LogP contribution in [0.4, 0.5) is 0 Å². The number of hydrogen-bond donors (Lipinski definition) is 1. The summed E-state index contributed by atoms with van der Waals surface area (Å²) in [5.74, 6) is 2.06. The molecular formula is C15H29NOS. The largest absolute Gasteiger partial charge is 0.375 e. The topological polar surface area (TPSA) is 21.3 Å². The van der Waals surface area contributed by atoms with Crippen LogP contribution in [0.15, 0.2) is 0 Å². The van der Waals surface area contributed by atoms with E-state index in [2.05, 4.69) is 38.0 Å². The van der Waals surface area contributed by atoms with Crippen LogP contribution in [0.1, 0.15) is 52.4 Å². The van der Waals surface area contributed by atoms with Gasteiger partial charge in [0.05, 0.1) is 5.60 Å². The summed E-state index contributed by atoms with van der Waals surface area (Å²) in [5.41, 5.74) is 0.264. The Balaban J connectivity index is 1.89. The maximum absolute atomic E-state index is 6.14. The molecule has 2 rings (SSSR count). The molecule has 2 nitrogen and oxygen atoms in total. The highest BCUT2D eigenvalue weighted by molar-refractivity contribution is 7.99. The second-order valence-electron chi connectivity index (χ2n) is 6.27. The highest BCUT2D eigenvalue weighted by Crippen LogP contribution is 2.43. The van der Waals surface area contributed by atoms with Crippen molar-refractivity contribution < 1.29 is 4.74 Å². The Morgan fingerprint density at radius 2 is 2.06 bits per heavy atom. The van der Waals surface area contributed by atoms with Crippen LogP contribution in [0.5, 0.6) is 0 Å². The third-order valence-electron chi connectivity index (χ3n) is 4.59. The second-order valence-corrected chi connectivity index (χ2v) is 7.88. The van der Waals surface area contributed by atoms with Crippen molar-refractivity contribution in [3.63, 3.8) is 0 Å². The first-order chi connectivity index (χ1) is 8.65. The second kappa shape index (κ2) is 6.62. The molecule has 0 aromatic carbocycles. The summed E-state index contributed by atoms with van der Waals surface area (Å²) in [4.78, 5) is 0. The molecule has 2 fully saturated rings. The summed E-state index contributed by atoms with van der Waals surface area (Å²) in [7, 11) is 2.13. The Labute approximate surface area is 117 Å². The average molecular weight is 271 g/mol. The molecule has 1 saturated heterocycles. The van der Waals surface area contributed by atoms with Gasteiger partial charge in [-0.05, 0) is 43.9 Å². The van der Waals surface area contributed by atoms with E-state index in [1.807, 2.05) is 0 Å². The minimum absolute atomic E-state index is 0.264. The quantitative estimate of drug-likeness (QED) is 0.827. The fourth-order valence-corrected chi connectivity index (χ4v) is 4.56. The molecular weight excluding hydrogens is 242 g/mol. The van der Waals surface area contributed by atoms with Crippen LogP contribution >= 0.6 is 11.8 Å². The normalized spacial score (nSPS) is 29.0. The van der Waals surface area contributed by atoms with Crippen LogP contribution in [0.3, 0.4) is 0 Å². The van der Waals surface area contributed by atoms with E-state index < -0.39 is 0 Å². The SMILES string of the molecule is CNC(CSC(C)C)C1CCOC2(CCCC2)C1. The molecule has 0 radical (unpaired) electrons. The number of thioether (sulfide) groups is 1. The standard InChI is InChI=1S/C15H29NOS/c1-12(2)18-11-14(16-3)13-6-9-17-15(10-13)7-4-5-8-15/h12-14,16H,4-11H2,1-3H3. The van der Waals surface area contributed by atoms with E-state index in [-0.39, 0.29) is 5.60 Å². The first-order valence-electron chi connectivity index (χ1n) is 7.58. The third-order valence-corrected chi connectivity index (χ3v) is 5.81. The van der Waals surface area contributed by atoms with E-state index in [9.17, 15) is 0 Å². The maximum Gasteiger partial charge on any atom is 0.0685 e. The molecule has 3 heteroatoms. The molecule has 2 aliphatic rings. The van der Waals surface area contributed by atoms with E-state index in [0.29, 0.717) is 6.04 Å². The molecule has 1 N–H and O–H groups in total. The van der Waals surface area contributed by atoms with E-state index in [4.69, 9.17) is 4.74 Å². The fraction of sp³-hybridized carbons (Fsp3) is 1.00. The van der Waals surface area contributed by atoms with Crippen LogP contribution in [0, 0.1) is 5.92 Å². The zero-order valence-electron chi connectivity index (χ0n) is 12.2. The monoisotopic (exact) mass is 271 g/mol. The van der Waals surface area contributed by atoms with Crippen molar-refractivity contribution in [1.29, 1.82) is 0 Å². The van der Waals surface area contributed by atoms with Crippen molar-refractivity contribution in [2.24, 2.45) is 5.92 Å². The smallest absolute Gasteiger partial charge is 0.0685 e. The lowest BCUT2D eigenvalue weighted by molar-refractivity contribution is -0.0964. The first-order valence-corrected chi connectivity index (χ1v) is 8.63. The lowest BCUT2D eigenvalue weighted by Gasteiger charge is -2.41. The van der Waals surface area contributed by atoms with Crippen molar-refractivity contribution in [2.45, 2.75) is 69.3 Å². The fourth-order valence-electron chi connectivity index (χ4n) is 3.53. The van der Waals surface area contributed by atoms with Crippen LogP contribution in [0.25, 0.3) is 0 Å². The van der Waals surface area contributed by atoms with Crippen molar-refractivity contribution >= 4 is 11.8 Å². The number of hydrogen-bond acceptors (Lipinski definition) is 3. The van der Waals surface area contributed by atoms with Crippen molar-refractivity contribution in [3.05, 3.63) is 0 Å². The number of rotatable bonds is 5. The Bertz CT molecular complexity index is 251. The molecule has 0 bridgehead atoms. The van der Waals surface area contributed by atoms with Crippen molar-refractivity contribution in [2.75, 3.05) is 19.4 Å². The van der Waals surface area contributed by atoms with Gasteiger partial charge in [0, 0.05) is 18.4 Å². The minimum atomic E-state index is 0.264. The van der Waals surface area contributed by atoms with Crippen molar-refractivity contribution in [3.8, 4) is 0 Å². The van der Waals surface area contributed by atoms with Gasteiger partial charge in [-0.3, -0.25) is 0 Å². The summed E-state index contributed by atoms with van der Waals surface area (Å²) in [6, 6.07) is 0.666. The van der Waals surface area contributed by atoms with Gasteiger partial charge < -0.3 is 10.1 Å². The van der Waals surface area contributed by atoms with Gasteiger partial charge in [0.2, 0.25) is 0 Å². The van der Waals surface area contributed by atoms with Crippen LogP contribution in [-0.4, -0.2) is 36.3 Å². The van der Waals surface area contributed by atoms with Gasteiger partial charge in [0.1, 0.15) is 0 Å². The lowest BCUT2D eigenvalue weighted by atomic mass is 9.81. The highest BCUT2D eigenvalue weighted by Gasteiger charge is 2.41. The summed E-state index contributed by atoms with van der Waals surface area (Å²) >= 11 is 2.09. The van der Waals surface area contributed by atoms with Crippen LogP contribution < -0.4 is 5.32 Å². The Hall–Kier alpha value is 0.270. The molecule has 0 aromatic heterocycles. The van der Waals surface area contributed by atoms with Gasteiger partial charge in [0.25, 0.3) is 0 Å². The van der Waals surface area contributed by atoms with Gasteiger partial charge in [-0.1, -0.05) is 26.7 Å². The molecule has 1 heterocycles. The molecule has 2 unspecified atom stereocenters. The van der Waals surface area contributed by atoms with Gasteiger partial charge in [-0.15, -0.1) is 0 Å². The van der Waals surface area contributed by atoms with Gasteiger partial charge in [-0.2, -0.15) is 11.8 Å². The molecule has 2 atom stereocenters. The minimum Gasteiger partial charge on any atom is -0.375 e. The Morgan fingerprint density at radius 3 is 2.67 bits per heavy atom. The molecule has 1 aliphatic carbocycles. The summed E-state index contributed by atoms with van der Waals surface area (Å²) in [6.45, 7) is 5.56. The zero-order chi connectivity index (χ0) is 13.0. The van der Waals surface area contributed by atoms with Crippen molar-refractivity contribution in [1.82, 2.24) is 5.32 Å². The Kier molecular flexibility index (Phi) is 5.40. The number of ether oxygens (including phenoxy) is 1. The number of nitrogens with one attached hydrogen (secondary N) is 1. The maximum atomic E-state index is 6.14. The van der Waals surface area contributed by atoms with Crippen LogP contribution in [-0.2, 0) is 4.74 Å². The molecule has 0 amide bonds. The first kappa shape index (κ1) is 14.7. The Morgan fingerprint density at radius 1 is 1.33 bits per heavy atom. The van der Waals surface area contributed by atoms with E-state index >= 15 is 0 Å². The van der Waals surface area contributed by atoms with E-state index in [1.54, 1.807) is 0 Å². The molecule has 106 valence electrons. The van der Waals surface area contributed by atoms with Gasteiger partial charge in [-0.25, -0.2) is 0 Å². The lowest BCUT2D eigenvalue weighted by Crippen LogP contribution is -2.46. The molecule has 1 saturated carbocycles. The predicted octanol–water partition coefficient (Wildman–Crippen LogP) is 3.46. The summed E-state index contributed by atoms with van der Waals surface area (Å²) < 4.78 is 6.14. The summed E-state index contributed by atoms with van der Waals surface area (Å²) in [5, 5.41) is 4.29. The van der Waals surface area contributed by atoms with Gasteiger partial charge >= 0.3 is 0 Å². The predicted molar refractivity (Wildman–Crippen MR) is 80.3 cm³/mol. The summed E-state index contributed by atoms with van der Waals surface area (Å²) in [6.07, 6.45) is 7.88. The molecule has 0 aromatic rings. The molecule has 18 heavy (non-hydrogen) atoms. The van der Waals surface area contributed by atoms with E-state index in [0.717, 1.165) is 17.8 Å². The van der Waals surface area contributed by atoms with Gasteiger partial charge in [0.15, 0.2) is 0 Å². The van der Waals surface area contributed by atoms with E-state index in [1.165, 1.54) is 44.3 Å².